The lowest BCUT2D eigenvalue weighted by Gasteiger charge is -1.80. The smallest absolute Gasteiger partial charge is 0.300 e. The predicted molar refractivity (Wildman–Crippen MR) is 50.6 cm³/mol. The van der Waals surface area contributed by atoms with Gasteiger partial charge in [0.05, 0.1) is 0 Å². The summed E-state index contributed by atoms with van der Waals surface area (Å²) in [5.41, 5.74) is 5.14. The van der Waals surface area contributed by atoms with Crippen LogP contribution < -0.4 is 5.73 Å². The molecule has 0 saturated carbocycles. The van der Waals surface area contributed by atoms with Crippen molar-refractivity contribution in [1.82, 2.24) is 0 Å². The molecule has 0 aromatic carbocycles. The number of hydrogen-bond donors (Lipinski definition) is 3. The molecule has 0 unspecified atom stereocenters. The molecule has 0 amide bonds. The molecule has 0 aromatic rings. The third kappa shape index (κ3) is 1070. The van der Waals surface area contributed by atoms with Gasteiger partial charge in [-0.15, -0.1) is 0 Å². The van der Waals surface area contributed by atoms with Gasteiger partial charge in [0, 0.05) is 13.8 Å². The van der Waals surface area contributed by atoms with Gasteiger partial charge in [-0.3, -0.25) is 9.59 Å². The van der Waals surface area contributed by atoms with E-state index in [-0.39, 0.29) is 0 Å². The largest absolute Gasteiger partial charge is 0.481 e. The van der Waals surface area contributed by atoms with E-state index in [4.69, 9.17) is 25.5 Å². The average Bonchev–Trinajstić information content (AvgIpc) is 1.86. The minimum atomic E-state index is -0.833. The Morgan fingerprint density at radius 3 is 1.38 bits per heavy atom. The number of rotatable bonds is 2. The monoisotopic (exact) mass is 193 g/mol. The lowest BCUT2D eigenvalue weighted by Crippen LogP contribution is -1.95. The molecule has 0 spiro atoms. The van der Waals surface area contributed by atoms with E-state index in [1.165, 1.54) is 12.8 Å². The Balaban J connectivity index is -0.000000117. The van der Waals surface area contributed by atoms with Crippen molar-refractivity contribution < 1.29 is 19.8 Å². The molecule has 5 heteroatoms. The van der Waals surface area contributed by atoms with Gasteiger partial charge in [0.15, 0.2) is 0 Å². The third-order valence-corrected chi connectivity index (χ3v) is 0.558. The van der Waals surface area contributed by atoms with Gasteiger partial charge in [-0.2, -0.15) is 0 Å². The van der Waals surface area contributed by atoms with Gasteiger partial charge in [-0.05, 0) is 13.0 Å². The number of nitrogens with two attached hydrogens (primary N) is 1. The van der Waals surface area contributed by atoms with Gasteiger partial charge >= 0.3 is 0 Å². The van der Waals surface area contributed by atoms with Crippen molar-refractivity contribution in [2.24, 2.45) is 5.73 Å². The number of unbranched alkanes of at least 4 members (excludes halogenated alkanes) is 1. The van der Waals surface area contributed by atoms with Crippen molar-refractivity contribution in [3.8, 4) is 0 Å². The lowest BCUT2D eigenvalue weighted by atomic mass is 10.3. The molecule has 4 N–H and O–H groups in total. The Labute approximate surface area is 78.6 Å². The molecule has 0 aliphatic rings. The molecule has 13 heavy (non-hydrogen) atoms. The fourth-order valence-corrected chi connectivity index (χ4v) is 0.204. The van der Waals surface area contributed by atoms with E-state index in [0.29, 0.717) is 0 Å². The Bertz CT molecular complexity index is 103. The van der Waals surface area contributed by atoms with E-state index in [1.807, 2.05) is 0 Å². The molecule has 0 atom stereocenters. The highest BCUT2D eigenvalue weighted by Gasteiger charge is 1.68. The summed E-state index contributed by atoms with van der Waals surface area (Å²) in [6, 6.07) is 0. The van der Waals surface area contributed by atoms with Crippen molar-refractivity contribution >= 4 is 11.9 Å². The summed E-state index contributed by atoms with van der Waals surface area (Å²) in [7, 11) is 0. The van der Waals surface area contributed by atoms with Crippen LogP contribution in [0.3, 0.4) is 0 Å². The number of aliphatic carboxylic acids is 2. The van der Waals surface area contributed by atoms with Crippen molar-refractivity contribution in [1.29, 1.82) is 0 Å². The fraction of sp³-hybridized carbons (Fsp3) is 0.750. The maximum absolute atomic E-state index is 9.00. The first kappa shape index (κ1) is 17.8. The zero-order chi connectivity index (χ0) is 11.3. The summed E-state index contributed by atoms with van der Waals surface area (Å²) >= 11 is 0. The molecular formula is C8H19NO4. The Hall–Kier alpha value is -1.10. The van der Waals surface area contributed by atoms with Crippen molar-refractivity contribution in [2.45, 2.75) is 33.6 Å². The van der Waals surface area contributed by atoms with Crippen LogP contribution in [0.25, 0.3) is 0 Å². The Morgan fingerprint density at radius 2 is 1.38 bits per heavy atom. The van der Waals surface area contributed by atoms with Gasteiger partial charge < -0.3 is 15.9 Å². The second-order valence-corrected chi connectivity index (χ2v) is 2.18. The fourth-order valence-electron chi connectivity index (χ4n) is 0.204. The summed E-state index contributed by atoms with van der Waals surface area (Å²) in [6.07, 6.45) is 2.39. The summed E-state index contributed by atoms with van der Waals surface area (Å²) in [4.78, 5) is 18.0. The van der Waals surface area contributed by atoms with Gasteiger partial charge in [0.25, 0.3) is 11.9 Å². The number of carbonyl (C=O) groups is 2. The maximum atomic E-state index is 9.00. The van der Waals surface area contributed by atoms with Crippen molar-refractivity contribution in [2.75, 3.05) is 6.54 Å². The van der Waals surface area contributed by atoms with Gasteiger partial charge in [-0.1, -0.05) is 13.3 Å². The quantitative estimate of drug-likeness (QED) is 0.605. The first-order valence-electron chi connectivity index (χ1n) is 3.97. The summed E-state index contributed by atoms with van der Waals surface area (Å²) in [5, 5.41) is 14.8. The van der Waals surface area contributed by atoms with Crippen LogP contribution in [0.5, 0.6) is 0 Å². The van der Waals surface area contributed by atoms with E-state index in [9.17, 15) is 0 Å². The van der Waals surface area contributed by atoms with Gasteiger partial charge in [-0.25, -0.2) is 0 Å². The third-order valence-electron chi connectivity index (χ3n) is 0.558. The zero-order valence-electron chi connectivity index (χ0n) is 8.41. The molecule has 80 valence electrons. The highest BCUT2D eigenvalue weighted by molar-refractivity contribution is 5.63. The molecule has 0 aliphatic heterocycles. The normalized spacial score (nSPS) is 7.08. The van der Waals surface area contributed by atoms with Crippen LogP contribution in [-0.2, 0) is 9.59 Å². The van der Waals surface area contributed by atoms with E-state index < -0.39 is 11.9 Å². The van der Waals surface area contributed by atoms with E-state index in [1.54, 1.807) is 0 Å². The van der Waals surface area contributed by atoms with Crippen LogP contribution in [0, 0.1) is 0 Å². The standard InChI is InChI=1S/C4H11N.2C2H4O2/c1-2-3-4-5;2*1-2(3)4/h2-5H2,1H3;2*1H3,(H,3,4). The molecule has 0 radical (unpaired) electrons. The van der Waals surface area contributed by atoms with Gasteiger partial charge in [0.1, 0.15) is 0 Å². The van der Waals surface area contributed by atoms with E-state index in [0.717, 1.165) is 20.4 Å². The minimum absolute atomic E-state index is 0.833. The van der Waals surface area contributed by atoms with Crippen LogP contribution in [0.15, 0.2) is 0 Å². The van der Waals surface area contributed by atoms with Gasteiger partial charge in [0.2, 0.25) is 0 Å². The number of carboxylic acids is 2. The molecule has 0 rings (SSSR count). The topological polar surface area (TPSA) is 101 Å². The first-order chi connectivity index (χ1) is 5.88. The highest BCUT2D eigenvalue weighted by Crippen LogP contribution is 1.77. The summed E-state index contributed by atoms with van der Waals surface area (Å²) < 4.78 is 0. The van der Waals surface area contributed by atoms with Crippen LogP contribution in [-0.4, -0.2) is 28.7 Å². The molecule has 0 aromatic heterocycles. The SMILES string of the molecule is CC(=O)O.CC(=O)O.CCCCN. The molecule has 0 heterocycles. The zero-order valence-corrected chi connectivity index (χ0v) is 8.41. The second-order valence-electron chi connectivity index (χ2n) is 2.18. The second kappa shape index (κ2) is 17.1. The van der Waals surface area contributed by atoms with E-state index >= 15 is 0 Å². The van der Waals surface area contributed by atoms with Crippen molar-refractivity contribution in [3.63, 3.8) is 0 Å². The Kier molecular flexibility index (Phi) is 23.5. The average molecular weight is 193 g/mol. The van der Waals surface area contributed by atoms with Crippen LogP contribution in [0.2, 0.25) is 0 Å². The molecule has 0 fully saturated rings. The summed E-state index contributed by atoms with van der Waals surface area (Å²) in [6.45, 7) is 5.14. The summed E-state index contributed by atoms with van der Waals surface area (Å²) in [5.74, 6) is -1.67. The van der Waals surface area contributed by atoms with Crippen molar-refractivity contribution in [3.05, 3.63) is 0 Å². The molecule has 0 aliphatic carbocycles. The molecular weight excluding hydrogens is 174 g/mol. The van der Waals surface area contributed by atoms with Crippen LogP contribution in [0.4, 0.5) is 0 Å². The predicted octanol–water partition coefficient (Wildman–Crippen LogP) is 0.927. The first-order valence-corrected chi connectivity index (χ1v) is 3.97. The van der Waals surface area contributed by atoms with Crippen LogP contribution in [0.1, 0.15) is 33.6 Å². The number of hydrogen-bond acceptors (Lipinski definition) is 3. The molecule has 5 nitrogen and oxygen atoms in total. The lowest BCUT2D eigenvalue weighted by molar-refractivity contribution is -0.135. The molecule has 0 saturated heterocycles. The maximum Gasteiger partial charge on any atom is 0.300 e. The number of carboxylic acid groups (broad SMARTS) is 2. The molecule has 0 bridgehead atoms. The highest BCUT2D eigenvalue weighted by atomic mass is 16.4. The van der Waals surface area contributed by atoms with E-state index in [2.05, 4.69) is 6.92 Å². The minimum Gasteiger partial charge on any atom is -0.481 e. The van der Waals surface area contributed by atoms with Crippen LogP contribution >= 0.6 is 0 Å². The Morgan fingerprint density at radius 1 is 1.15 bits per heavy atom.